The zero-order chi connectivity index (χ0) is 20.7. The summed E-state index contributed by atoms with van der Waals surface area (Å²) in [6, 6.07) is 7.20. The molecule has 146 valence electrons. The predicted octanol–water partition coefficient (Wildman–Crippen LogP) is 4.70. The van der Waals surface area contributed by atoms with Gasteiger partial charge in [-0.3, -0.25) is 4.79 Å². The van der Waals surface area contributed by atoms with Crippen LogP contribution < -0.4 is 0 Å². The summed E-state index contributed by atoms with van der Waals surface area (Å²) in [4.78, 5) is 26.4. The molecule has 5 nitrogen and oxygen atoms in total. The summed E-state index contributed by atoms with van der Waals surface area (Å²) in [6.45, 7) is 5.59. The number of carbonyl (C=O) groups excluding carboxylic acids is 2. The molecule has 0 spiro atoms. The molecule has 0 saturated heterocycles. The van der Waals surface area contributed by atoms with Crippen LogP contribution in [0.15, 0.2) is 41.1 Å². The number of aromatic nitrogens is 1. The Morgan fingerprint density at radius 2 is 1.82 bits per heavy atom. The number of rotatable bonds is 3. The predicted molar refractivity (Wildman–Crippen MR) is 111 cm³/mol. The summed E-state index contributed by atoms with van der Waals surface area (Å²) in [6.07, 6.45) is 1.72. The van der Waals surface area contributed by atoms with E-state index in [1.54, 1.807) is 38.2 Å². The number of halogens is 2. The molecular formula is C21H20Cl2N2O3. The largest absolute Gasteiger partial charge is 0.465 e. The van der Waals surface area contributed by atoms with Crippen LogP contribution in [0.1, 0.15) is 23.9 Å². The third kappa shape index (κ3) is 3.25. The minimum atomic E-state index is -0.534. The maximum absolute atomic E-state index is 12.7. The first-order chi connectivity index (χ1) is 13.2. The minimum Gasteiger partial charge on any atom is -0.465 e. The van der Waals surface area contributed by atoms with Crippen LogP contribution in [0.4, 0.5) is 0 Å². The van der Waals surface area contributed by atoms with Crippen molar-refractivity contribution in [3.63, 3.8) is 0 Å². The molecule has 0 bridgehead atoms. The van der Waals surface area contributed by atoms with Gasteiger partial charge in [-0.1, -0.05) is 23.2 Å². The van der Waals surface area contributed by atoms with Gasteiger partial charge in [0.05, 0.1) is 29.0 Å². The van der Waals surface area contributed by atoms with Gasteiger partial charge in [0.25, 0.3) is 5.91 Å². The molecule has 0 atom stereocenters. The number of ether oxygens (including phenoxy) is 1. The summed E-state index contributed by atoms with van der Waals surface area (Å²) in [5.41, 5.74) is 4.51. The van der Waals surface area contributed by atoms with Crippen molar-refractivity contribution in [1.82, 2.24) is 9.47 Å². The molecule has 2 aromatic rings. The lowest BCUT2D eigenvalue weighted by Crippen LogP contribution is -2.19. The Bertz CT molecular complexity index is 1060. The summed E-state index contributed by atoms with van der Waals surface area (Å²) in [5.74, 6) is -0.781. The van der Waals surface area contributed by atoms with Gasteiger partial charge in [-0.25, -0.2) is 4.79 Å². The Kier molecular flexibility index (Phi) is 5.41. The van der Waals surface area contributed by atoms with Gasteiger partial charge in [0.1, 0.15) is 0 Å². The molecule has 28 heavy (non-hydrogen) atoms. The van der Waals surface area contributed by atoms with Crippen molar-refractivity contribution in [3.05, 3.63) is 68.1 Å². The summed E-state index contributed by atoms with van der Waals surface area (Å²) in [5, 5.41) is 1.14. The fraction of sp³-hybridized carbons (Fsp3) is 0.238. The second-order valence-electron chi connectivity index (χ2n) is 6.63. The van der Waals surface area contributed by atoms with Gasteiger partial charge in [-0.15, -0.1) is 0 Å². The Balaban J connectivity index is 2.17. The van der Waals surface area contributed by atoms with Crippen molar-refractivity contribution in [3.8, 4) is 5.69 Å². The van der Waals surface area contributed by atoms with Crippen LogP contribution in [0, 0.1) is 13.8 Å². The zero-order valence-electron chi connectivity index (χ0n) is 16.3. The molecule has 2 heterocycles. The number of aryl methyl sites for hydroxylation is 1. The highest BCUT2D eigenvalue weighted by molar-refractivity contribution is 6.34. The van der Waals surface area contributed by atoms with E-state index in [1.807, 2.05) is 24.5 Å². The van der Waals surface area contributed by atoms with Crippen molar-refractivity contribution in [1.29, 1.82) is 0 Å². The third-order valence-electron chi connectivity index (χ3n) is 4.98. The average molecular weight is 419 g/mol. The van der Waals surface area contributed by atoms with Crippen molar-refractivity contribution in [2.45, 2.75) is 20.8 Å². The summed E-state index contributed by atoms with van der Waals surface area (Å²) in [7, 11) is 2.94. The molecule has 3 rings (SSSR count). The van der Waals surface area contributed by atoms with Crippen LogP contribution in [-0.2, 0) is 14.3 Å². The second-order valence-corrected chi connectivity index (χ2v) is 7.48. The van der Waals surface area contributed by atoms with Gasteiger partial charge < -0.3 is 14.2 Å². The average Bonchev–Trinajstić information content (AvgIpc) is 3.05. The van der Waals surface area contributed by atoms with Crippen LogP contribution >= 0.6 is 23.2 Å². The van der Waals surface area contributed by atoms with Gasteiger partial charge in [0.2, 0.25) is 0 Å². The molecule has 7 heteroatoms. The molecule has 0 saturated carbocycles. The number of hydrogen-bond acceptors (Lipinski definition) is 3. The molecule has 1 aromatic carbocycles. The fourth-order valence-corrected chi connectivity index (χ4v) is 3.78. The maximum Gasteiger partial charge on any atom is 0.340 e. The Morgan fingerprint density at radius 1 is 1.14 bits per heavy atom. The number of carbonyl (C=O) groups is 2. The molecule has 0 fully saturated rings. The molecule has 0 N–H and O–H groups in total. The van der Waals surface area contributed by atoms with Gasteiger partial charge in [0, 0.05) is 29.2 Å². The first-order valence-electron chi connectivity index (χ1n) is 8.61. The highest BCUT2D eigenvalue weighted by Gasteiger charge is 2.35. The van der Waals surface area contributed by atoms with E-state index in [2.05, 4.69) is 0 Å². The molecular weight excluding hydrogens is 399 g/mol. The van der Waals surface area contributed by atoms with E-state index in [-0.39, 0.29) is 11.5 Å². The SMILES string of the molecule is COC(=O)C1=C(C)N(C)C(=O)C1=Cc1cc(C)n(-c2cc(Cl)ccc2Cl)c1C. The van der Waals surface area contributed by atoms with Crippen molar-refractivity contribution in [2.75, 3.05) is 14.2 Å². The van der Waals surface area contributed by atoms with Crippen molar-refractivity contribution >= 4 is 41.2 Å². The number of amides is 1. The van der Waals surface area contributed by atoms with Crippen LogP contribution in [0.3, 0.4) is 0 Å². The Labute approximate surface area is 173 Å². The summed E-state index contributed by atoms with van der Waals surface area (Å²) < 4.78 is 6.84. The lowest BCUT2D eigenvalue weighted by Gasteiger charge is -2.12. The number of likely N-dealkylation sites (N-methyl/N-ethyl adjacent to an activating group) is 1. The summed E-state index contributed by atoms with van der Waals surface area (Å²) >= 11 is 12.5. The number of hydrogen-bond donors (Lipinski definition) is 0. The van der Waals surface area contributed by atoms with E-state index in [0.717, 1.165) is 22.6 Å². The molecule has 1 aromatic heterocycles. The van der Waals surface area contributed by atoms with Crippen LogP contribution in [0.2, 0.25) is 10.0 Å². The monoisotopic (exact) mass is 418 g/mol. The van der Waals surface area contributed by atoms with Crippen molar-refractivity contribution in [2.24, 2.45) is 0 Å². The number of nitrogens with zero attached hydrogens (tertiary/aromatic N) is 2. The van der Waals surface area contributed by atoms with Gasteiger partial charge in [-0.05, 0) is 56.7 Å². The molecule has 0 radical (unpaired) electrons. The fourth-order valence-electron chi connectivity index (χ4n) is 3.41. The van der Waals surface area contributed by atoms with E-state index in [9.17, 15) is 9.59 Å². The van der Waals surface area contributed by atoms with E-state index in [4.69, 9.17) is 27.9 Å². The second kappa shape index (κ2) is 7.49. The first kappa shape index (κ1) is 20.2. The Morgan fingerprint density at radius 3 is 2.46 bits per heavy atom. The standard InChI is InChI=1S/C21H20Cl2N2O3/c1-11-8-14(12(2)25(11)18-10-15(22)6-7-17(18)23)9-16-19(21(27)28-5)13(3)24(4)20(16)26/h6-10H,1-5H3. The minimum absolute atomic E-state index is 0.247. The van der Waals surface area contributed by atoms with E-state index in [0.29, 0.717) is 21.3 Å². The van der Waals surface area contributed by atoms with Gasteiger partial charge in [0.15, 0.2) is 0 Å². The highest BCUT2D eigenvalue weighted by atomic mass is 35.5. The topological polar surface area (TPSA) is 51.5 Å². The van der Waals surface area contributed by atoms with Crippen LogP contribution in [0.5, 0.6) is 0 Å². The normalized spacial score (nSPS) is 15.8. The molecule has 1 aliphatic heterocycles. The lowest BCUT2D eigenvalue weighted by molar-refractivity contribution is -0.136. The lowest BCUT2D eigenvalue weighted by atomic mass is 10.0. The van der Waals surface area contributed by atoms with E-state index in [1.165, 1.54) is 12.0 Å². The number of benzene rings is 1. The zero-order valence-corrected chi connectivity index (χ0v) is 17.8. The maximum atomic E-state index is 12.7. The molecule has 0 aliphatic carbocycles. The number of allylic oxidation sites excluding steroid dienone is 1. The third-order valence-corrected chi connectivity index (χ3v) is 5.53. The number of methoxy groups -OCH3 is 1. The quantitative estimate of drug-likeness (QED) is 0.535. The van der Waals surface area contributed by atoms with Crippen LogP contribution in [-0.4, -0.2) is 35.5 Å². The highest BCUT2D eigenvalue weighted by Crippen LogP contribution is 2.33. The van der Waals surface area contributed by atoms with Gasteiger partial charge in [-0.2, -0.15) is 0 Å². The van der Waals surface area contributed by atoms with Crippen LogP contribution in [0.25, 0.3) is 11.8 Å². The first-order valence-corrected chi connectivity index (χ1v) is 9.36. The Hall–Kier alpha value is -2.50. The van der Waals surface area contributed by atoms with E-state index < -0.39 is 5.97 Å². The van der Waals surface area contributed by atoms with E-state index >= 15 is 0 Å². The van der Waals surface area contributed by atoms with Gasteiger partial charge >= 0.3 is 5.97 Å². The number of esters is 1. The molecule has 1 aliphatic rings. The molecule has 0 unspecified atom stereocenters. The molecule has 1 amide bonds. The smallest absolute Gasteiger partial charge is 0.340 e. The van der Waals surface area contributed by atoms with Crippen molar-refractivity contribution < 1.29 is 14.3 Å².